The molecular weight excluding hydrogens is 259 g/mol. The molecule has 0 unspecified atom stereocenters. The van der Waals surface area contributed by atoms with Crippen LogP contribution in [0.1, 0.15) is 24.8 Å². The third kappa shape index (κ3) is 5.07. The smallest absolute Gasteiger partial charge is 0.409 e. The lowest BCUT2D eigenvalue weighted by molar-refractivity contribution is -0.136. The van der Waals surface area contributed by atoms with Crippen molar-refractivity contribution in [3.8, 4) is 0 Å². The van der Waals surface area contributed by atoms with Gasteiger partial charge in [0.2, 0.25) is 0 Å². The number of alkyl halides is 3. The van der Waals surface area contributed by atoms with Crippen LogP contribution < -0.4 is 11.1 Å². The van der Waals surface area contributed by atoms with Crippen molar-refractivity contribution in [1.29, 1.82) is 0 Å². The zero-order valence-electron chi connectivity index (χ0n) is 10.2. The normalized spacial score (nSPS) is 12.5. The minimum absolute atomic E-state index is 0.0683. The van der Waals surface area contributed by atoms with Crippen molar-refractivity contribution in [3.63, 3.8) is 0 Å². The second-order valence-electron chi connectivity index (χ2n) is 4.02. The van der Waals surface area contributed by atoms with E-state index >= 15 is 0 Å². The second-order valence-corrected chi connectivity index (χ2v) is 4.02. The van der Waals surface area contributed by atoms with Gasteiger partial charge in [-0.15, -0.1) is 0 Å². The summed E-state index contributed by atoms with van der Waals surface area (Å²) in [6.07, 6.45) is -2.68. The van der Waals surface area contributed by atoms with Crippen molar-refractivity contribution in [1.82, 2.24) is 0 Å². The van der Waals surface area contributed by atoms with Crippen molar-refractivity contribution in [3.05, 3.63) is 29.8 Å². The number of anilines is 1. The largest absolute Gasteiger partial charge is 0.418 e. The highest BCUT2D eigenvalue weighted by molar-refractivity contribution is 5.79. The number of unbranched alkanes of at least 4 members (excludes halogenated alkanes) is 1. The first kappa shape index (κ1) is 15.1. The molecule has 1 aromatic carbocycles. The van der Waals surface area contributed by atoms with Crippen LogP contribution in [0.5, 0.6) is 0 Å². The number of hydrogen-bond acceptors (Lipinski definition) is 3. The Bertz CT molecular complexity index is 432. The van der Waals surface area contributed by atoms with Crippen LogP contribution in [0.4, 0.5) is 18.9 Å². The van der Waals surface area contributed by atoms with Crippen LogP contribution in [-0.2, 0) is 6.18 Å². The van der Waals surface area contributed by atoms with Gasteiger partial charge < -0.3 is 16.3 Å². The highest BCUT2D eigenvalue weighted by atomic mass is 19.4. The summed E-state index contributed by atoms with van der Waals surface area (Å²) >= 11 is 0. The van der Waals surface area contributed by atoms with Crippen LogP contribution in [-0.4, -0.2) is 17.6 Å². The van der Waals surface area contributed by atoms with E-state index in [0.29, 0.717) is 25.8 Å². The molecule has 0 fully saturated rings. The lowest BCUT2D eigenvalue weighted by Gasteiger charge is -2.14. The predicted molar refractivity (Wildman–Crippen MR) is 67.2 cm³/mol. The van der Waals surface area contributed by atoms with Crippen LogP contribution in [0.3, 0.4) is 0 Å². The second kappa shape index (κ2) is 6.86. The number of rotatable bonds is 6. The van der Waals surface area contributed by atoms with E-state index in [1.165, 1.54) is 12.1 Å². The minimum atomic E-state index is -4.36. The number of amidine groups is 1. The molecule has 106 valence electrons. The monoisotopic (exact) mass is 275 g/mol. The number of benzene rings is 1. The Morgan fingerprint density at radius 3 is 2.58 bits per heavy atom. The molecule has 0 heterocycles. The molecule has 4 nitrogen and oxygen atoms in total. The zero-order valence-corrected chi connectivity index (χ0v) is 10.2. The van der Waals surface area contributed by atoms with E-state index in [9.17, 15) is 13.2 Å². The molecule has 0 aliphatic heterocycles. The third-order valence-corrected chi connectivity index (χ3v) is 2.54. The van der Waals surface area contributed by atoms with Gasteiger partial charge in [0.05, 0.1) is 5.56 Å². The fourth-order valence-corrected chi connectivity index (χ4v) is 1.59. The lowest BCUT2D eigenvalue weighted by Crippen LogP contribution is -2.13. The fourth-order valence-electron chi connectivity index (χ4n) is 1.59. The van der Waals surface area contributed by atoms with E-state index in [0.717, 1.165) is 6.07 Å². The van der Waals surface area contributed by atoms with Crippen molar-refractivity contribution >= 4 is 11.5 Å². The topological polar surface area (TPSA) is 70.6 Å². The zero-order chi connectivity index (χ0) is 14.3. The van der Waals surface area contributed by atoms with Gasteiger partial charge in [-0.3, -0.25) is 0 Å². The van der Waals surface area contributed by atoms with Gasteiger partial charge in [0.15, 0.2) is 0 Å². The van der Waals surface area contributed by atoms with E-state index in [-0.39, 0.29) is 11.5 Å². The van der Waals surface area contributed by atoms with Crippen LogP contribution >= 0.6 is 0 Å². The predicted octanol–water partition coefficient (Wildman–Crippen LogP) is 3.03. The molecule has 4 N–H and O–H groups in total. The summed E-state index contributed by atoms with van der Waals surface area (Å²) in [6.45, 7) is 0.395. The van der Waals surface area contributed by atoms with E-state index in [1.54, 1.807) is 6.07 Å². The third-order valence-electron chi connectivity index (χ3n) is 2.54. The van der Waals surface area contributed by atoms with Gasteiger partial charge in [-0.05, 0) is 25.0 Å². The summed E-state index contributed by atoms with van der Waals surface area (Å²) in [4.78, 5) is 0. The van der Waals surface area contributed by atoms with Gasteiger partial charge in [0.1, 0.15) is 5.84 Å². The number of oxime groups is 1. The van der Waals surface area contributed by atoms with E-state index in [2.05, 4.69) is 10.5 Å². The standard InChI is InChI=1S/C12H16F3N3O/c13-12(14,15)9-5-1-2-6-10(9)17-8-4-3-7-11(16)18-19/h1-2,5-6,17,19H,3-4,7-8H2,(H2,16,18). The van der Waals surface area contributed by atoms with Crippen molar-refractivity contribution in [2.45, 2.75) is 25.4 Å². The summed E-state index contributed by atoms with van der Waals surface area (Å²) in [6, 6.07) is 5.34. The Hall–Kier alpha value is -1.92. The molecule has 0 bridgehead atoms. The average molecular weight is 275 g/mol. The number of nitrogens with two attached hydrogens (primary N) is 1. The minimum Gasteiger partial charge on any atom is -0.409 e. The summed E-state index contributed by atoms with van der Waals surface area (Å²) in [5.74, 6) is 0.121. The van der Waals surface area contributed by atoms with E-state index < -0.39 is 11.7 Å². The van der Waals surface area contributed by atoms with Crippen molar-refractivity contribution < 1.29 is 18.4 Å². The maximum atomic E-state index is 12.7. The Morgan fingerprint density at radius 1 is 1.26 bits per heavy atom. The van der Waals surface area contributed by atoms with Crippen LogP contribution in [0.25, 0.3) is 0 Å². The van der Waals surface area contributed by atoms with E-state index in [4.69, 9.17) is 10.9 Å². The van der Waals surface area contributed by atoms with Gasteiger partial charge in [0, 0.05) is 18.7 Å². The Labute approximate surface area is 109 Å². The number of nitrogens with zero attached hydrogens (tertiary/aromatic N) is 1. The molecule has 1 rings (SSSR count). The first-order valence-electron chi connectivity index (χ1n) is 5.81. The Morgan fingerprint density at radius 2 is 1.95 bits per heavy atom. The van der Waals surface area contributed by atoms with Gasteiger partial charge >= 0.3 is 6.18 Å². The first-order chi connectivity index (χ1) is 8.95. The van der Waals surface area contributed by atoms with Crippen LogP contribution in [0.15, 0.2) is 29.4 Å². The highest BCUT2D eigenvalue weighted by Gasteiger charge is 2.32. The highest BCUT2D eigenvalue weighted by Crippen LogP contribution is 2.34. The molecule has 0 saturated heterocycles. The number of halogens is 3. The molecule has 1 aromatic rings. The molecule has 7 heteroatoms. The number of nitrogens with one attached hydrogen (secondary N) is 1. The van der Waals surface area contributed by atoms with Crippen molar-refractivity contribution in [2.24, 2.45) is 10.9 Å². The quantitative estimate of drug-likeness (QED) is 0.246. The summed E-state index contributed by atoms with van der Waals surface area (Å²) in [7, 11) is 0. The Balaban J connectivity index is 2.46. The molecule has 0 aliphatic carbocycles. The summed E-state index contributed by atoms with van der Waals surface area (Å²) in [5, 5.41) is 13.9. The molecule has 0 spiro atoms. The molecule has 0 saturated carbocycles. The van der Waals surface area contributed by atoms with Crippen molar-refractivity contribution in [2.75, 3.05) is 11.9 Å². The molecule has 0 atom stereocenters. The summed E-state index contributed by atoms with van der Waals surface area (Å²) < 4.78 is 38.0. The lowest BCUT2D eigenvalue weighted by atomic mass is 10.1. The molecule has 0 amide bonds. The average Bonchev–Trinajstić information content (AvgIpc) is 2.37. The van der Waals surface area contributed by atoms with Crippen LogP contribution in [0.2, 0.25) is 0 Å². The van der Waals surface area contributed by atoms with E-state index in [1.807, 2.05) is 0 Å². The van der Waals surface area contributed by atoms with Gasteiger partial charge in [0.25, 0.3) is 0 Å². The molecule has 19 heavy (non-hydrogen) atoms. The molecule has 0 radical (unpaired) electrons. The van der Waals surface area contributed by atoms with Gasteiger partial charge in [-0.25, -0.2) is 0 Å². The van der Waals surface area contributed by atoms with Gasteiger partial charge in [-0.1, -0.05) is 17.3 Å². The molecular formula is C12H16F3N3O. The first-order valence-corrected chi connectivity index (χ1v) is 5.81. The molecule has 0 aliphatic rings. The number of para-hydroxylation sites is 1. The van der Waals surface area contributed by atoms with Crippen LogP contribution in [0, 0.1) is 0 Å². The maximum Gasteiger partial charge on any atom is 0.418 e. The Kier molecular flexibility index (Phi) is 5.47. The fraction of sp³-hybridized carbons (Fsp3) is 0.417. The SMILES string of the molecule is NC(CCCCNc1ccccc1C(F)(F)F)=NO. The van der Waals surface area contributed by atoms with Gasteiger partial charge in [-0.2, -0.15) is 13.2 Å². The molecule has 0 aromatic heterocycles. The number of hydrogen-bond donors (Lipinski definition) is 3. The maximum absolute atomic E-state index is 12.7. The summed E-state index contributed by atoms with van der Waals surface area (Å²) in [5.41, 5.74) is 4.67.